The first-order chi connectivity index (χ1) is 17.5. The molecule has 1 aromatic heterocycles. The van der Waals surface area contributed by atoms with Gasteiger partial charge in [0.25, 0.3) is 5.91 Å². The maximum Gasteiger partial charge on any atom is 0.255 e. The van der Waals surface area contributed by atoms with Gasteiger partial charge in [0.2, 0.25) is 11.8 Å². The molecule has 10 heteroatoms. The number of rotatable bonds is 5. The summed E-state index contributed by atoms with van der Waals surface area (Å²) in [5, 5.41) is 2.97. The number of carbonyl (C=O) groups excluding carboxylic acids is 3. The van der Waals surface area contributed by atoms with Crippen molar-refractivity contribution >= 4 is 29.3 Å². The highest BCUT2D eigenvalue weighted by Crippen LogP contribution is 2.37. The quantitative estimate of drug-likeness (QED) is 0.618. The van der Waals surface area contributed by atoms with Crippen LogP contribution in [0.2, 0.25) is 5.02 Å². The van der Waals surface area contributed by atoms with E-state index in [2.05, 4.69) is 20.2 Å². The van der Waals surface area contributed by atoms with Gasteiger partial charge in [-0.25, -0.2) is 9.97 Å². The Hall–Kier alpha value is -3.04. The number of nitrogens with one attached hydrogen (secondary N) is 1. The van der Waals surface area contributed by atoms with Crippen molar-refractivity contribution in [1.29, 1.82) is 0 Å². The number of halogens is 1. The second-order valence-electron chi connectivity index (χ2n) is 10.1. The molecule has 9 nitrogen and oxygen atoms in total. The molecule has 2 saturated heterocycles. The first kappa shape index (κ1) is 23.4. The monoisotopic (exact) mass is 509 g/mol. The van der Waals surface area contributed by atoms with E-state index in [-0.39, 0.29) is 24.3 Å². The molecule has 188 valence electrons. The Bertz CT molecular complexity index is 1220. The normalized spacial score (nSPS) is 27.0. The van der Waals surface area contributed by atoms with Crippen LogP contribution in [0.5, 0.6) is 5.75 Å². The number of likely N-dealkylation sites (tertiary alicyclic amines) is 1. The van der Waals surface area contributed by atoms with E-state index >= 15 is 0 Å². The number of amides is 3. The molecule has 6 rings (SSSR count). The highest BCUT2D eigenvalue weighted by molar-refractivity contribution is 6.31. The lowest BCUT2D eigenvalue weighted by atomic mass is 9.85. The molecule has 1 N–H and O–H groups in total. The van der Waals surface area contributed by atoms with Gasteiger partial charge in [0.15, 0.2) is 0 Å². The van der Waals surface area contributed by atoms with Crippen molar-refractivity contribution in [2.45, 2.75) is 69.2 Å². The summed E-state index contributed by atoms with van der Waals surface area (Å²) in [5.74, 6) is 0.209. The molecule has 4 aliphatic rings. The molecule has 3 amide bonds. The van der Waals surface area contributed by atoms with Crippen molar-refractivity contribution in [2.75, 3.05) is 13.1 Å². The molecule has 0 spiro atoms. The fourth-order valence-electron chi connectivity index (χ4n) is 6.01. The summed E-state index contributed by atoms with van der Waals surface area (Å²) in [6.45, 7) is 2.15. The summed E-state index contributed by atoms with van der Waals surface area (Å²) in [6, 6.07) is 5.30. The Morgan fingerprint density at radius 3 is 2.72 bits per heavy atom. The summed E-state index contributed by atoms with van der Waals surface area (Å²) in [6.07, 6.45) is 8.25. The zero-order valence-electron chi connectivity index (χ0n) is 19.9. The van der Waals surface area contributed by atoms with Crippen LogP contribution >= 0.6 is 11.6 Å². The summed E-state index contributed by atoms with van der Waals surface area (Å²) in [4.78, 5) is 49.2. The fraction of sp³-hybridized carbons (Fsp3) is 0.500. The Morgan fingerprint density at radius 1 is 1.08 bits per heavy atom. The molecule has 1 aromatic carbocycles. The summed E-state index contributed by atoms with van der Waals surface area (Å²) < 4.78 is 6.52. The minimum atomic E-state index is -0.613. The molecule has 36 heavy (non-hydrogen) atoms. The van der Waals surface area contributed by atoms with E-state index in [0.29, 0.717) is 35.5 Å². The van der Waals surface area contributed by atoms with Gasteiger partial charge >= 0.3 is 0 Å². The lowest BCUT2D eigenvalue weighted by Gasteiger charge is -2.48. The van der Waals surface area contributed by atoms with Gasteiger partial charge in [-0.05, 0) is 49.4 Å². The van der Waals surface area contributed by atoms with Crippen LogP contribution in [0.15, 0.2) is 30.7 Å². The average molecular weight is 510 g/mol. The molecule has 0 radical (unpaired) electrons. The van der Waals surface area contributed by atoms with E-state index in [1.54, 1.807) is 23.5 Å². The molecule has 0 bridgehead atoms. The van der Waals surface area contributed by atoms with Crippen LogP contribution in [-0.4, -0.2) is 68.8 Å². The molecular weight excluding hydrogens is 482 g/mol. The number of aromatic nitrogens is 2. The summed E-state index contributed by atoms with van der Waals surface area (Å²) >= 11 is 6.30. The Labute approximate surface area is 214 Å². The highest BCUT2D eigenvalue weighted by Gasteiger charge is 2.41. The standard InChI is InChI=1S/C26H28ClN5O4/c27-19-10-28-14-29-24(19)16-11-31(12-16)20-3-1-2-4-22(20)36-17-5-6-18-15(9-17)13-32(26(18)35)21-7-8-23(33)30-25(21)34/h5-6,9-10,14,16,20-22H,1-4,7-8,11-13H2,(H,30,33,34)/t20-,21-,22-/m1/s1. The third-order valence-corrected chi connectivity index (χ3v) is 8.20. The van der Waals surface area contributed by atoms with Crippen molar-refractivity contribution < 1.29 is 19.1 Å². The van der Waals surface area contributed by atoms with Crippen molar-refractivity contribution in [1.82, 2.24) is 25.1 Å². The SMILES string of the molecule is O=C1CC[C@@H](N2Cc3cc(O[C@@H]4CCCC[C@H]4N4CC(c5ncncc5Cl)C4)ccc3C2=O)C(=O)N1. The van der Waals surface area contributed by atoms with E-state index in [1.807, 2.05) is 12.1 Å². The molecule has 0 unspecified atom stereocenters. The Balaban J connectivity index is 1.12. The van der Waals surface area contributed by atoms with Gasteiger partial charge in [0.1, 0.15) is 24.2 Å². The maximum atomic E-state index is 13.0. The predicted molar refractivity (Wildman–Crippen MR) is 131 cm³/mol. The number of benzene rings is 1. The number of nitrogens with zero attached hydrogens (tertiary/aromatic N) is 4. The van der Waals surface area contributed by atoms with Crippen LogP contribution in [0.1, 0.15) is 66.1 Å². The molecule has 3 atom stereocenters. The van der Waals surface area contributed by atoms with E-state index < -0.39 is 11.9 Å². The number of fused-ring (bicyclic) bond motifs is 1. The molecule has 3 fully saturated rings. The van der Waals surface area contributed by atoms with Gasteiger partial charge in [0.05, 0.1) is 10.7 Å². The third kappa shape index (κ3) is 4.24. The minimum absolute atomic E-state index is 0.0713. The van der Waals surface area contributed by atoms with Gasteiger partial charge in [-0.3, -0.25) is 24.6 Å². The second-order valence-corrected chi connectivity index (χ2v) is 10.5. The zero-order valence-corrected chi connectivity index (χ0v) is 20.6. The number of imide groups is 1. The van der Waals surface area contributed by atoms with Gasteiger partial charge in [-0.15, -0.1) is 0 Å². The summed E-state index contributed by atoms with van der Waals surface area (Å²) in [7, 11) is 0. The topological polar surface area (TPSA) is 105 Å². The van der Waals surface area contributed by atoms with Crippen LogP contribution in [0.3, 0.4) is 0 Å². The molecular formula is C26H28ClN5O4. The minimum Gasteiger partial charge on any atom is -0.489 e. The maximum absolute atomic E-state index is 13.0. The number of hydrogen-bond acceptors (Lipinski definition) is 7. The van der Waals surface area contributed by atoms with Crippen molar-refractivity contribution in [3.05, 3.63) is 52.6 Å². The second kappa shape index (κ2) is 9.44. The molecule has 3 aliphatic heterocycles. The predicted octanol–water partition coefficient (Wildman–Crippen LogP) is 2.68. The van der Waals surface area contributed by atoms with Gasteiger partial charge in [-0.2, -0.15) is 0 Å². The van der Waals surface area contributed by atoms with Gasteiger partial charge in [-0.1, -0.05) is 18.0 Å². The lowest BCUT2D eigenvalue weighted by Crippen LogP contribution is -2.57. The van der Waals surface area contributed by atoms with E-state index in [9.17, 15) is 14.4 Å². The van der Waals surface area contributed by atoms with Gasteiger partial charge in [0, 0.05) is 49.8 Å². The first-order valence-electron chi connectivity index (χ1n) is 12.6. The highest BCUT2D eigenvalue weighted by atomic mass is 35.5. The number of piperidine rings is 1. The number of hydrogen-bond donors (Lipinski definition) is 1. The first-order valence-corrected chi connectivity index (χ1v) is 13.0. The fourth-order valence-corrected chi connectivity index (χ4v) is 6.27. The Morgan fingerprint density at radius 2 is 1.92 bits per heavy atom. The average Bonchev–Trinajstić information content (AvgIpc) is 3.16. The van der Waals surface area contributed by atoms with Crippen LogP contribution in [-0.2, 0) is 16.1 Å². The van der Waals surface area contributed by atoms with Crippen molar-refractivity contribution in [3.8, 4) is 5.75 Å². The van der Waals surface area contributed by atoms with Crippen LogP contribution in [0, 0.1) is 0 Å². The van der Waals surface area contributed by atoms with E-state index in [4.69, 9.17) is 16.3 Å². The molecule has 1 aliphatic carbocycles. The van der Waals surface area contributed by atoms with Crippen molar-refractivity contribution in [2.24, 2.45) is 0 Å². The molecule has 2 aromatic rings. The summed E-state index contributed by atoms with van der Waals surface area (Å²) in [5.41, 5.74) is 2.37. The molecule has 1 saturated carbocycles. The van der Waals surface area contributed by atoms with Crippen LogP contribution in [0.4, 0.5) is 0 Å². The zero-order chi connectivity index (χ0) is 24.8. The number of carbonyl (C=O) groups is 3. The smallest absolute Gasteiger partial charge is 0.255 e. The lowest BCUT2D eigenvalue weighted by molar-refractivity contribution is -0.136. The largest absolute Gasteiger partial charge is 0.489 e. The van der Waals surface area contributed by atoms with Gasteiger partial charge < -0.3 is 9.64 Å². The third-order valence-electron chi connectivity index (χ3n) is 7.91. The number of ether oxygens (including phenoxy) is 1. The van der Waals surface area contributed by atoms with Crippen molar-refractivity contribution in [3.63, 3.8) is 0 Å². The molecule has 4 heterocycles. The van der Waals surface area contributed by atoms with E-state index in [1.165, 1.54) is 6.42 Å². The van der Waals surface area contributed by atoms with Crippen LogP contribution < -0.4 is 10.1 Å². The Kier molecular flexibility index (Phi) is 6.13. The van der Waals surface area contributed by atoms with E-state index in [0.717, 1.165) is 49.4 Å². The van der Waals surface area contributed by atoms with Crippen LogP contribution in [0.25, 0.3) is 0 Å².